The Labute approximate surface area is 173 Å². The quantitative estimate of drug-likeness (QED) is 0.368. The second-order valence-electron chi connectivity index (χ2n) is 6.79. The van der Waals surface area contributed by atoms with E-state index in [1.54, 1.807) is 35.0 Å². The number of aliphatic hydroxyl groups is 1. The summed E-state index contributed by atoms with van der Waals surface area (Å²) in [7, 11) is 1.46. The summed E-state index contributed by atoms with van der Waals surface area (Å²) in [5.74, 6) is -0.515. The number of carboxylic acids is 1. The number of aliphatic carboxylic acids is 1. The zero-order valence-corrected chi connectivity index (χ0v) is 17.0. The number of fused-ring (bicyclic) bond motifs is 1. The Bertz CT molecular complexity index is 1070. The highest BCUT2D eigenvalue weighted by Crippen LogP contribution is 2.35. The summed E-state index contributed by atoms with van der Waals surface area (Å²) in [6, 6.07) is 11.6. The van der Waals surface area contributed by atoms with Crippen molar-refractivity contribution in [2.24, 2.45) is 5.73 Å². The van der Waals surface area contributed by atoms with Crippen LogP contribution in [0.3, 0.4) is 0 Å². The molecule has 0 aliphatic rings. The lowest BCUT2D eigenvalue weighted by Gasteiger charge is -2.12. The Morgan fingerprint density at radius 1 is 1.20 bits per heavy atom. The number of carboxylic acid groups (broad SMARTS) is 1. The van der Waals surface area contributed by atoms with E-state index in [-0.39, 0.29) is 24.5 Å². The molecule has 0 bridgehead atoms. The number of hydrogen-bond donors (Lipinski definition) is 3. The average Bonchev–Trinajstić information content (AvgIpc) is 3.07. The minimum atomic E-state index is -3.03. The number of benzene rings is 2. The minimum Gasteiger partial charge on any atom is -0.508 e. The van der Waals surface area contributed by atoms with Gasteiger partial charge in [0, 0.05) is 28.2 Å². The van der Waals surface area contributed by atoms with Crippen LogP contribution in [0.2, 0.25) is 0 Å². The zero-order valence-electron chi connectivity index (χ0n) is 15.8. The first-order chi connectivity index (χ1) is 14.1. The van der Waals surface area contributed by atoms with Crippen LogP contribution in [0.15, 0.2) is 60.8 Å². The second-order valence-corrected chi connectivity index (χ2v) is 7.51. The van der Waals surface area contributed by atoms with E-state index in [1.807, 2.05) is 0 Å². The molecule has 2 atom stereocenters. The van der Waals surface area contributed by atoms with Crippen molar-refractivity contribution in [1.29, 1.82) is 0 Å². The Kier molecular flexibility index (Phi) is 6.39. The molecule has 0 aliphatic heterocycles. The summed E-state index contributed by atoms with van der Waals surface area (Å²) in [6.45, 7) is -0.0540. The van der Waals surface area contributed by atoms with Gasteiger partial charge in [0.25, 0.3) is 5.66 Å². The molecule has 0 amide bonds. The first kappa shape index (κ1) is 21.7. The lowest BCUT2D eigenvalue weighted by Crippen LogP contribution is -2.25. The van der Waals surface area contributed by atoms with Crippen LogP contribution >= 0.6 is 9.24 Å². The number of aromatic nitrogens is 1. The molecule has 2 unspecified atom stereocenters. The average molecular weight is 434 g/mol. The van der Waals surface area contributed by atoms with Crippen molar-refractivity contribution in [2.45, 2.75) is 18.3 Å². The number of halogens is 2. The molecule has 0 radical (unpaired) electrons. The summed E-state index contributed by atoms with van der Waals surface area (Å²) in [6.07, 6.45) is 3.07. The van der Waals surface area contributed by atoms with Crippen LogP contribution in [0.4, 0.5) is 8.78 Å². The monoisotopic (exact) mass is 434 g/mol. The van der Waals surface area contributed by atoms with E-state index in [4.69, 9.17) is 15.6 Å². The van der Waals surface area contributed by atoms with Gasteiger partial charge in [0.2, 0.25) is 0 Å². The topological polar surface area (TPSA) is 97.7 Å². The van der Waals surface area contributed by atoms with Gasteiger partial charge in [0.1, 0.15) is 24.7 Å². The van der Waals surface area contributed by atoms with E-state index in [0.717, 1.165) is 10.9 Å². The maximum atomic E-state index is 13.2. The zero-order chi connectivity index (χ0) is 21.9. The van der Waals surface area contributed by atoms with Gasteiger partial charge < -0.3 is 25.3 Å². The highest BCUT2D eigenvalue weighted by molar-refractivity contribution is 7.17. The summed E-state index contributed by atoms with van der Waals surface area (Å²) in [5, 5.41) is 19.9. The van der Waals surface area contributed by atoms with Crippen LogP contribution in [0.1, 0.15) is 11.1 Å². The molecule has 9 heteroatoms. The molecule has 0 aliphatic carbocycles. The van der Waals surface area contributed by atoms with E-state index in [0.29, 0.717) is 11.3 Å². The predicted octanol–water partition coefficient (Wildman–Crippen LogP) is 3.96. The lowest BCUT2D eigenvalue weighted by atomic mass is 10.1. The van der Waals surface area contributed by atoms with Crippen LogP contribution in [0.25, 0.3) is 16.7 Å². The molecule has 1 heterocycles. The van der Waals surface area contributed by atoms with Gasteiger partial charge in [-0.25, -0.2) is 0 Å². The van der Waals surface area contributed by atoms with E-state index in [2.05, 4.69) is 0 Å². The number of aliphatic hydroxyl groups excluding tert-OH is 1. The van der Waals surface area contributed by atoms with Crippen molar-refractivity contribution < 1.29 is 28.5 Å². The predicted molar refractivity (Wildman–Crippen MR) is 114 cm³/mol. The maximum absolute atomic E-state index is 13.2. The Morgan fingerprint density at radius 2 is 1.90 bits per heavy atom. The van der Waals surface area contributed by atoms with Crippen molar-refractivity contribution in [3.8, 4) is 5.75 Å². The molecular formula is C21H21F2N2O4P. The minimum absolute atomic E-state index is 0.0765. The van der Waals surface area contributed by atoms with Crippen molar-refractivity contribution in [3.63, 3.8) is 0 Å². The third-order valence-electron chi connectivity index (χ3n) is 4.43. The molecule has 2 aromatic carbocycles. The van der Waals surface area contributed by atoms with E-state index in [1.165, 1.54) is 39.6 Å². The van der Waals surface area contributed by atoms with Gasteiger partial charge >= 0.3 is 5.97 Å². The van der Waals surface area contributed by atoms with Crippen LogP contribution in [-0.4, -0.2) is 33.4 Å². The molecule has 0 fully saturated rings. The van der Waals surface area contributed by atoms with E-state index < -0.39 is 17.7 Å². The second kappa shape index (κ2) is 8.81. The maximum Gasteiger partial charge on any atom is 0.323 e. The molecule has 4 N–H and O–H groups in total. The first-order valence-electron chi connectivity index (χ1n) is 9.01. The Balaban J connectivity index is 1.63. The summed E-state index contributed by atoms with van der Waals surface area (Å²) >= 11 is 0. The highest BCUT2D eigenvalue weighted by atomic mass is 31.0. The molecule has 0 spiro atoms. The Morgan fingerprint density at radius 3 is 2.53 bits per heavy atom. The third kappa shape index (κ3) is 5.34. The number of hydrogen-bond acceptors (Lipinski definition) is 4. The normalized spacial score (nSPS) is 13.4. The number of nitrogens with zero attached hydrogens (tertiary/aromatic N) is 1. The molecule has 0 saturated heterocycles. The van der Waals surface area contributed by atoms with Crippen LogP contribution in [0, 0.1) is 0 Å². The summed E-state index contributed by atoms with van der Waals surface area (Å²) in [5.41, 5.74) is 3.90. The fourth-order valence-corrected chi connectivity index (χ4v) is 3.15. The highest BCUT2D eigenvalue weighted by Gasteiger charge is 2.24. The van der Waals surface area contributed by atoms with Gasteiger partial charge in [-0.05, 0) is 30.3 Å². The first-order valence-corrected chi connectivity index (χ1v) is 9.58. The van der Waals surface area contributed by atoms with Crippen molar-refractivity contribution in [3.05, 3.63) is 71.9 Å². The SMILES string of the molecule is NC(/C=C(\O)c1ccc(C(F)(F)P)cc1)COc1ccc2c(ccn2CC(=O)O)c1. The standard InChI is InChI=1S/C21H21F2N2O4P/c22-21(23,30)15-3-1-13(2-4-15)19(26)10-16(24)12-29-17-5-6-18-14(9-17)7-8-25(18)11-20(27)28/h1-10,16,26H,11-12,24,30H2,(H,27,28)/b19-10-. The van der Waals surface area contributed by atoms with Gasteiger partial charge in [-0.2, -0.15) is 8.78 Å². The molecule has 0 saturated carbocycles. The molecule has 30 heavy (non-hydrogen) atoms. The number of alkyl halides is 2. The number of nitrogens with two attached hydrogens (primary N) is 1. The lowest BCUT2D eigenvalue weighted by molar-refractivity contribution is -0.137. The Hall–Kier alpha value is -2.96. The van der Waals surface area contributed by atoms with Gasteiger partial charge in [-0.15, -0.1) is 0 Å². The molecule has 3 rings (SSSR count). The van der Waals surface area contributed by atoms with Gasteiger partial charge in [0.05, 0.1) is 6.04 Å². The number of ether oxygens (including phenoxy) is 1. The number of carbonyl (C=O) groups is 1. The van der Waals surface area contributed by atoms with Crippen molar-refractivity contribution in [1.82, 2.24) is 4.57 Å². The smallest absolute Gasteiger partial charge is 0.323 e. The summed E-state index contributed by atoms with van der Waals surface area (Å²) < 4.78 is 33.7. The van der Waals surface area contributed by atoms with Crippen molar-refractivity contribution in [2.75, 3.05) is 6.61 Å². The van der Waals surface area contributed by atoms with Gasteiger partial charge in [-0.1, -0.05) is 33.5 Å². The number of rotatable bonds is 8. The van der Waals surface area contributed by atoms with Crippen LogP contribution in [0.5, 0.6) is 5.75 Å². The van der Waals surface area contributed by atoms with Gasteiger partial charge in [-0.3, -0.25) is 4.79 Å². The van der Waals surface area contributed by atoms with Crippen molar-refractivity contribution >= 4 is 31.9 Å². The largest absolute Gasteiger partial charge is 0.508 e. The fourth-order valence-electron chi connectivity index (χ4n) is 2.95. The molecule has 3 aromatic rings. The van der Waals surface area contributed by atoms with Crippen LogP contribution < -0.4 is 10.5 Å². The van der Waals surface area contributed by atoms with Gasteiger partial charge in [0.15, 0.2) is 0 Å². The van der Waals surface area contributed by atoms with Crippen LogP contribution in [-0.2, 0) is 17.0 Å². The molecule has 1 aromatic heterocycles. The van der Waals surface area contributed by atoms with E-state index >= 15 is 0 Å². The molecule has 6 nitrogen and oxygen atoms in total. The molecular weight excluding hydrogens is 413 g/mol. The summed E-state index contributed by atoms with van der Waals surface area (Å²) in [4.78, 5) is 10.9. The van der Waals surface area contributed by atoms with E-state index in [9.17, 15) is 18.7 Å². The third-order valence-corrected chi connectivity index (χ3v) is 4.76. The fraction of sp³-hybridized carbons (Fsp3) is 0.190. The molecule has 158 valence electrons.